The van der Waals surface area contributed by atoms with E-state index < -0.39 is 0 Å². The molecule has 1 atom stereocenters. The maximum atomic E-state index is 4.71. The maximum Gasteiger partial charge on any atom is 0.0506 e. The van der Waals surface area contributed by atoms with Gasteiger partial charge in [-0.1, -0.05) is 95.9 Å². The van der Waals surface area contributed by atoms with Crippen molar-refractivity contribution < 1.29 is 0 Å². The van der Waals surface area contributed by atoms with Crippen LogP contribution in [0.2, 0.25) is 0 Å². The second-order valence-electron chi connectivity index (χ2n) is 7.38. The molecule has 0 spiro atoms. The zero-order valence-electron chi connectivity index (χ0n) is 17.8. The molecular formula is C24H46S2. The fraction of sp³-hybridized carbons (Fsp3) is 0.833. The van der Waals surface area contributed by atoms with Gasteiger partial charge >= 0.3 is 0 Å². The lowest BCUT2D eigenvalue weighted by atomic mass is 10.1. The lowest BCUT2D eigenvalue weighted by Crippen LogP contribution is -1.92. The van der Waals surface area contributed by atoms with E-state index in [2.05, 4.69) is 38.2 Å². The van der Waals surface area contributed by atoms with Crippen molar-refractivity contribution in [2.75, 3.05) is 5.75 Å². The number of hydrogen-bond donors (Lipinski definition) is 1. The summed E-state index contributed by atoms with van der Waals surface area (Å²) in [7, 11) is 0. The van der Waals surface area contributed by atoms with Crippen LogP contribution < -0.4 is 0 Å². The zero-order chi connectivity index (χ0) is 19.1. The molecule has 0 aliphatic rings. The summed E-state index contributed by atoms with van der Waals surface area (Å²) in [6.45, 7) is 4.48. The fourth-order valence-electron chi connectivity index (χ4n) is 3.02. The van der Waals surface area contributed by atoms with Crippen molar-refractivity contribution in [3.8, 4) is 0 Å². The van der Waals surface area contributed by atoms with Gasteiger partial charge in [-0.3, -0.25) is 0 Å². The Kier molecular flexibility index (Phi) is 23.4. The van der Waals surface area contributed by atoms with E-state index >= 15 is 0 Å². The van der Waals surface area contributed by atoms with Gasteiger partial charge in [-0.2, -0.15) is 12.6 Å². The first-order chi connectivity index (χ1) is 12.8. The molecule has 0 radical (unpaired) electrons. The van der Waals surface area contributed by atoms with Crippen LogP contribution in [0.25, 0.3) is 0 Å². The van der Waals surface area contributed by atoms with Crippen LogP contribution in [0, 0.1) is 0 Å². The summed E-state index contributed by atoms with van der Waals surface area (Å²) in [5.41, 5.74) is 0. The molecule has 0 aromatic carbocycles. The first kappa shape index (κ1) is 26.2. The van der Waals surface area contributed by atoms with E-state index in [0.717, 1.165) is 6.42 Å². The van der Waals surface area contributed by atoms with Crippen LogP contribution in [0.4, 0.5) is 0 Å². The van der Waals surface area contributed by atoms with Crippen molar-refractivity contribution in [1.82, 2.24) is 0 Å². The van der Waals surface area contributed by atoms with Crippen molar-refractivity contribution in [2.24, 2.45) is 0 Å². The summed E-state index contributed by atoms with van der Waals surface area (Å²) in [6, 6.07) is 0. The van der Waals surface area contributed by atoms with Crippen LogP contribution >= 0.6 is 24.4 Å². The number of allylic oxidation sites excluding steroid dienone is 4. The highest BCUT2D eigenvalue weighted by atomic mass is 32.2. The van der Waals surface area contributed by atoms with E-state index in [1.807, 2.05) is 11.8 Å². The van der Waals surface area contributed by atoms with E-state index in [4.69, 9.17) is 12.6 Å². The van der Waals surface area contributed by atoms with Gasteiger partial charge in [0.2, 0.25) is 0 Å². The molecule has 0 fully saturated rings. The summed E-state index contributed by atoms with van der Waals surface area (Å²) < 4.78 is 0.488. The molecule has 0 aliphatic heterocycles. The first-order valence-electron chi connectivity index (χ1n) is 11.4. The average Bonchev–Trinajstić information content (AvgIpc) is 2.65. The predicted molar refractivity (Wildman–Crippen MR) is 129 cm³/mol. The smallest absolute Gasteiger partial charge is 0.0506 e. The summed E-state index contributed by atoms with van der Waals surface area (Å²) in [6.07, 6.45) is 30.9. The van der Waals surface area contributed by atoms with Crippen LogP contribution in [-0.2, 0) is 0 Å². The molecule has 1 unspecified atom stereocenters. The molecule has 0 nitrogen and oxygen atoms in total. The quantitative estimate of drug-likeness (QED) is 0.0922. The molecule has 0 aliphatic carbocycles. The number of hydrogen-bond acceptors (Lipinski definition) is 2. The van der Waals surface area contributed by atoms with E-state index in [1.165, 1.54) is 102 Å². The molecule has 0 aromatic rings. The monoisotopic (exact) mass is 398 g/mol. The second-order valence-corrected chi connectivity index (χ2v) is 9.66. The molecule has 0 heterocycles. The standard InChI is InChI=1S/C24H46S2/c1-3-5-7-9-11-13-14-15-17-19-21-23-26-24(25)22-20-18-16-12-10-8-6-4-2/h5,7,18,20,24-25H,3-4,6,8-17,19,21-23H2,1-2H3/b7-5?,20-18-. The van der Waals surface area contributed by atoms with Gasteiger partial charge in [0.25, 0.3) is 0 Å². The van der Waals surface area contributed by atoms with Gasteiger partial charge in [-0.05, 0) is 50.7 Å². The van der Waals surface area contributed by atoms with Crippen molar-refractivity contribution in [2.45, 2.75) is 121 Å². The highest BCUT2D eigenvalue weighted by Gasteiger charge is 2.00. The molecule has 26 heavy (non-hydrogen) atoms. The minimum atomic E-state index is 0.488. The summed E-state index contributed by atoms with van der Waals surface area (Å²) in [4.78, 5) is 0. The Morgan fingerprint density at radius 2 is 1.19 bits per heavy atom. The normalized spacial score (nSPS) is 13.2. The Hall–Kier alpha value is 0.180. The summed E-state index contributed by atoms with van der Waals surface area (Å²) in [5, 5.41) is 0. The number of rotatable bonds is 20. The molecular weight excluding hydrogens is 352 g/mol. The Labute approximate surface area is 175 Å². The molecule has 0 N–H and O–H groups in total. The zero-order valence-corrected chi connectivity index (χ0v) is 19.5. The lowest BCUT2D eigenvalue weighted by Gasteiger charge is -2.07. The SMILES string of the molecule is CCC=CCCCCCCCCCSC(S)C/C=C\CCCCCCC. The van der Waals surface area contributed by atoms with Gasteiger partial charge < -0.3 is 0 Å². The molecule has 0 amide bonds. The molecule has 0 aromatic heterocycles. The largest absolute Gasteiger partial charge is 0.165 e. The van der Waals surface area contributed by atoms with Crippen molar-refractivity contribution >= 4 is 24.4 Å². The van der Waals surface area contributed by atoms with Gasteiger partial charge in [-0.15, -0.1) is 11.8 Å². The third kappa shape index (κ3) is 22.2. The summed E-state index contributed by atoms with van der Waals surface area (Å²) in [5.74, 6) is 1.28. The Bertz CT molecular complexity index is 309. The highest BCUT2D eigenvalue weighted by Crippen LogP contribution is 2.21. The van der Waals surface area contributed by atoms with E-state index in [9.17, 15) is 0 Å². The maximum absolute atomic E-state index is 4.71. The van der Waals surface area contributed by atoms with Crippen LogP contribution in [0.1, 0.15) is 117 Å². The van der Waals surface area contributed by atoms with Crippen molar-refractivity contribution in [3.63, 3.8) is 0 Å². The van der Waals surface area contributed by atoms with E-state index in [1.54, 1.807) is 0 Å². The minimum Gasteiger partial charge on any atom is -0.165 e. The van der Waals surface area contributed by atoms with Crippen LogP contribution in [0.15, 0.2) is 24.3 Å². The van der Waals surface area contributed by atoms with Gasteiger partial charge in [0.15, 0.2) is 0 Å². The second kappa shape index (κ2) is 23.2. The van der Waals surface area contributed by atoms with Gasteiger partial charge in [-0.25, -0.2) is 0 Å². The minimum absolute atomic E-state index is 0.488. The molecule has 0 rings (SSSR count). The molecule has 154 valence electrons. The first-order valence-corrected chi connectivity index (χ1v) is 13.0. The van der Waals surface area contributed by atoms with Crippen molar-refractivity contribution in [1.29, 1.82) is 0 Å². The lowest BCUT2D eigenvalue weighted by molar-refractivity contribution is 0.593. The number of thioether (sulfide) groups is 1. The van der Waals surface area contributed by atoms with Crippen LogP contribution in [-0.4, -0.2) is 10.3 Å². The molecule has 0 saturated carbocycles. The van der Waals surface area contributed by atoms with E-state index in [0.29, 0.717) is 4.58 Å². The number of unbranched alkanes of at least 4 members (excludes halogenated alkanes) is 12. The summed E-state index contributed by atoms with van der Waals surface area (Å²) >= 11 is 6.75. The van der Waals surface area contributed by atoms with Gasteiger partial charge in [0.1, 0.15) is 0 Å². The highest BCUT2D eigenvalue weighted by molar-refractivity contribution is 8.10. The van der Waals surface area contributed by atoms with Gasteiger partial charge in [0, 0.05) is 0 Å². The van der Waals surface area contributed by atoms with Crippen LogP contribution in [0.3, 0.4) is 0 Å². The topological polar surface area (TPSA) is 0 Å². The number of thiol groups is 1. The van der Waals surface area contributed by atoms with Crippen molar-refractivity contribution in [3.05, 3.63) is 24.3 Å². The van der Waals surface area contributed by atoms with E-state index in [-0.39, 0.29) is 0 Å². The van der Waals surface area contributed by atoms with Gasteiger partial charge in [0.05, 0.1) is 4.58 Å². The Morgan fingerprint density at radius 3 is 1.81 bits per heavy atom. The fourth-order valence-corrected chi connectivity index (χ4v) is 4.34. The molecule has 0 saturated heterocycles. The van der Waals surface area contributed by atoms with Crippen LogP contribution in [0.5, 0.6) is 0 Å². The average molecular weight is 399 g/mol. The Morgan fingerprint density at radius 1 is 0.654 bits per heavy atom. The third-order valence-corrected chi connectivity index (χ3v) is 6.47. The Balaban J connectivity index is 3.23. The molecule has 0 bridgehead atoms. The third-order valence-electron chi connectivity index (χ3n) is 4.71. The molecule has 2 heteroatoms. The predicted octanol–water partition coefficient (Wildman–Crippen LogP) is 9.37.